The van der Waals surface area contributed by atoms with Crippen molar-refractivity contribution in [2.24, 2.45) is 7.05 Å². The van der Waals surface area contributed by atoms with Crippen LogP contribution in [0.5, 0.6) is 0 Å². The molecule has 0 aliphatic rings. The normalized spacial score (nSPS) is 12.6. The Balaban J connectivity index is 2.33. The molecule has 0 aromatic carbocycles. The highest BCUT2D eigenvalue weighted by molar-refractivity contribution is 5.48. The summed E-state index contributed by atoms with van der Waals surface area (Å²) in [5.41, 5.74) is 8.70. The minimum Gasteiger partial charge on any atom is -0.398 e. The monoisotopic (exact) mass is 245 g/mol. The van der Waals surface area contributed by atoms with Gasteiger partial charge in [0, 0.05) is 36.9 Å². The third-order valence-corrected chi connectivity index (χ3v) is 2.83. The maximum Gasteiger partial charge on any atom is 0.0840 e. The molecule has 0 bridgehead atoms. The molecule has 0 saturated carbocycles. The highest BCUT2D eigenvalue weighted by atomic mass is 15.3. The molecule has 2 aromatic heterocycles. The van der Waals surface area contributed by atoms with Crippen molar-refractivity contribution in [3.8, 4) is 0 Å². The number of hydrogen-bond acceptors (Lipinski definition) is 4. The third-order valence-electron chi connectivity index (χ3n) is 2.83. The molecule has 18 heavy (non-hydrogen) atoms. The quantitative estimate of drug-likeness (QED) is 0.837. The first-order valence-electron chi connectivity index (χ1n) is 6.14. The number of pyridine rings is 1. The van der Waals surface area contributed by atoms with E-state index in [0.717, 1.165) is 29.9 Å². The van der Waals surface area contributed by atoms with Gasteiger partial charge in [-0.3, -0.25) is 9.67 Å². The molecular weight excluding hydrogens is 226 g/mol. The number of aryl methyl sites for hydroxylation is 1. The second-order valence-corrected chi connectivity index (χ2v) is 4.31. The lowest BCUT2D eigenvalue weighted by Gasteiger charge is -2.18. The summed E-state index contributed by atoms with van der Waals surface area (Å²) < 4.78 is 1.79. The molecule has 5 nitrogen and oxygen atoms in total. The van der Waals surface area contributed by atoms with Crippen LogP contribution in [0.1, 0.15) is 30.6 Å². The summed E-state index contributed by atoms with van der Waals surface area (Å²) in [6.45, 7) is 3.05. The van der Waals surface area contributed by atoms with Crippen LogP contribution in [-0.4, -0.2) is 21.3 Å². The van der Waals surface area contributed by atoms with Gasteiger partial charge in [0.05, 0.1) is 11.7 Å². The van der Waals surface area contributed by atoms with Crippen LogP contribution in [0.25, 0.3) is 0 Å². The fourth-order valence-electron chi connectivity index (χ4n) is 1.91. The number of rotatable bonds is 5. The molecule has 1 atom stereocenters. The van der Waals surface area contributed by atoms with Crippen LogP contribution in [0, 0.1) is 0 Å². The van der Waals surface area contributed by atoms with Crippen LogP contribution in [0.4, 0.5) is 5.69 Å². The molecular formula is C13H19N5. The Kier molecular flexibility index (Phi) is 3.94. The lowest BCUT2D eigenvalue weighted by molar-refractivity contribution is 0.575. The zero-order valence-corrected chi connectivity index (χ0v) is 10.8. The zero-order valence-electron chi connectivity index (χ0n) is 10.8. The predicted molar refractivity (Wildman–Crippen MR) is 72.0 cm³/mol. The van der Waals surface area contributed by atoms with Crippen LogP contribution in [0.3, 0.4) is 0 Å². The highest BCUT2D eigenvalue weighted by Crippen LogP contribution is 2.24. The van der Waals surface area contributed by atoms with E-state index in [9.17, 15) is 0 Å². The van der Waals surface area contributed by atoms with Crippen LogP contribution >= 0.6 is 0 Å². The molecule has 96 valence electrons. The van der Waals surface area contributed by atoms with Gasteiger partial charge >= 0.3 is 0 Å². The van der Waals surface area contributed by atoms with Crippen molar-refractivity contribution in [2.45, 2.75) is 19.4 Å². The van der Waals surface area contributed by atoms with Crippen molar-refractivity contribution < 1.29 is 0 Å². The fourth-order valence-corrected chi connectivity index (χ4v) is 1.91. The number of nitrogens with zero attached hydrogens (tertiary/aromatic N) is 3. The van der Waals surface area contributed by atoms with E-state index in [1.54, 1.807) is 17.1 Å². The number of nitrogens with one attached hydrogen (secondary N) is 1. The van der Waals surface area contributed by atoms with Crippen LogP contribution < -0.4 is 11.1 Å². The molecule has 0 aliphatic heterocycles. The largest absolute Gasteiger partial charge is 0.398 e. The van der Waals surface area contributed by atoms with Gasteiger partial charge < -0.3 is 11.1 Å². The van der Waals surface area contributed by atoms with E-state index in [1.807, 2.05) is 25.4 Å². The number of nitrogen functional groups attached to an aromatic ring is 1. The predicted octanol–water partition coefficient (Wildman–Crippen LogP) is 1.49. The first-order valence-corrected chi connectivity index (χ1v) is 6.14. The van der Waals surface area contributed by atoms with E-state index in [4.69, 9.17) is 5.73 Å². The summed E-state index contributed by atoms with van der Waals surface area (Å²) in [5.74, 6) is 0. The van der Waals surface area contributed by atoms with Gasteiger partial charge in [-0.25, -0.2) is 0 Å². The Morgan fingerprint density at radius 2 is 2.28 bits per heavy atom. The van der Waals surface area contributed by atoms with E-state index in [-0.39, 0.29) is 6.04 Å². The highest BCUT2D eigenvalue weighted by Gasteiger charge is 2.18. The van der Waals surface area contributed by atoms with E-state index in [0.29, 0.717) is 0 Å². The van der Waals surface area contributed by atoms with Gasteiger partial charge in [-0.1, -0.05) is 6.92 Å². The van der Waals surface area contributed by atoms with Gasteiger partial charge in [-0.15, -0.1) is 0 Å². The Bertz CT molecular complexity index is 506. The van der Waals surface area contributed by atoms with Gasteiger partial charge in [0.15, 0.2) is 0 Å². The Hall–Kier alpha value is -1.88. The van der Waals surface area contributed by atoms with Gasteiger partial charge in [0.25, 0.3) is 0 Å². The summed E-state index contributed by atoms with van der Waals surface area (Å²) >= 11 is 0. The SMILES string of the molecule is CCCNC(c1ccn(C)n1)c1cnccc1N. The molecule has 1 unspecified atom stereocenters. The number of anilines is 1. The van der Waals surface area contributed by atoms with Crippen molar-refractivity contribution in [1.29, 1.82) is 0 Å². The van der Waals surface area contributed by atoms with Crippen molar-refractivity contribution >= 4 is 5.69 Å². The van der Waals surface area contributed by atoms with Crippen molar-refractivity contribution in [3.05, 3.63) is 42.0 Å². The second kappa shape index (κ2) is 5.64. The second-order valence-electron chi connectivity index (χ2n) is 4.31. The summed E-state index contributed by atoms with van der Waals surface area (Å²) in [5, 5.41) is 7.91. The zero-order chi connectivity index (χ0) is 13.0. The van der Waals surface area contributed by atoms with Crippen molar-refractivity contribution in [2.75, 3.05) is 12.3 Å². The smallest absolute Gasteiger partial charge is 0.0840 e. The summed E-state index contributed by atoms with van der Waals surface area (Å²) in [6.07, 6.45) is 6.50. The van der Waals surface area contributed by atoms with Crippen molar-refractivity contribution in [1.82, 2.24) is 20.1 Å². The van der Waals surface area contributed by atoms with E-state index < -0.39 is 0 Å². The molecule has 2 rings (SSSR count). The molecule has 2 heterocycles. The minimum absolute atomic E-state index is 0.000139. The molecule has 2 aromatic rings. The number of nitrogens with two attached hydrogens (primary N) is 1. The molecule has 3 N–H and O–H groups in total. The minimum atomic E-state index is -0.000139. The van der Waals surface area contributed by atoms with Gasteiger partial charge in [0.2, 0.25) is 0 Å². The molecule has 0 spiro atoms. The maximum atomic E-state index is 6.02. The molecule has 0 aliphatic carbocycles. The van der Waals surface area contributed by atoms with E-state index in [2.05, 4.69) is 22.3 Å². The first kappa shape index (κ1) is 12.6. The average molecular weight is 245 g/mol. The fraction of sp³-hybridized carbons (Fsp3) is 0.385. The van der Waals surface area contributed by atoms with Gasteiger partial charge in [0.1, 0.15) is 0 Å². The molecule has 0 amide bonds. The van der Waals surface area contributed by atoms with Crippen LogP contribution in [-0.2, 0) is 7.05 Å². The van der Waals surface area contributed by atoms with E-state index >= 15 is 0 Å². The van der Waals surface area contributed by atoms with Crippen LogP contribution in [0.15, 0.2) is 30.7 Å². The molecule has 5 heteroatoms. The number of hydrogen-bond donors (Lipinski definition) is 2. The molecule has 0 fully saturated rings. The third kappa shape index (κ3) is 2.68. The topological polar surface area (TPSA) is 68.8 Å². The summed E-state index contributed by atoms with van der Waals surface area (Å²) in [6, 6.07) is 3.82. The molecule has 0 saturated heterocycles. The molecule has 0 radical (unpaired) electrons. The first-order chi connectivity index (χ1) is 8.72. The summed E-state index contributed by atoms with van der Waals surface area (Å²) in [4.78, 5) is 4.15. The van der Waals surface area contributed by atoms with Gasteiger partial charge in [-0.05, 0) is 25.1 Å². The lowest BCUT2D eigenvalue weighted by Crippen LogP contribution is -2.24. The van der Waals surface area contributed by atoms with Crippen LogP contribution in [0.2, 0.25) is 0 Å². The standard InChI is InChI=1S/C13H19N5/c1-3-6-16-13(12-5-8-18(2)17-12)10-9-15-7-4-11(10)14/h4-5,7-9,13,16H,3,6H2,1-2H3,(H2,14,15). The Morgan fingerprint density at radius 1 is 1.44 bits per heavy atom. The average Bonchev–Trinajstić information content (AvgIpc) is 2.78. The van der Waals surface area contributed by atoms with Crippen molar-refractivity contribution in [3.63, 3.8) is 0 Å². The Labute approximate surface area is 107 Å². The Morgan fingerprint density at radius 3 is 2.89 bits per heavy atom. The number of aromatic nitrogens is 3. The lowest BCUT2D eigenvalue weighted by atomic mass is 10.0. The summed E-state index contributed by atoms with van der Waals surface area (Å²) in [7, 11) is 1.91. The van der Waals surface area contributed by atoms with E-state index in [1.165, 1.54) is 0 Å². The maximum absolute atomic E-state index is 6.02. The van der Waals surface area contributed by atoms with Gasteiger partial charge in [-0.2, -0.15) is 5.10 Å².